The lowest BCUT2D eigenvalue weighted by Gasteiger charge is -2.37. The van der Waals surface area contributed by atoms with E-state index < -0.39 is 0 Å². The second kappa shape index (κ2) is 10.9. The summed E-state index contributed by atoms with van der Waals surface area (Å²) in [6, 6.07) is 19.3. The van der Waals surface area contributed by atoms with Crippen LogP contribution in [0.25, 0.3) is 0 Å². The number of piperazine rings is 1. The third-order valence-corrected chi connectivity index (χ3v) is 7.17. The minimum atomic E-state index is -0.186. The third kappa shape index (κ3) is 5.91. The number of carbonyl (C=O) groups is 2. The van der Waals surface area contributed by atoms with Crippen LogP contribution in [-0.2, 0) is 11.2 Å². The molecule has 2 heterocycles. The summed E-state index contributed by atoms with van der Waals surface area (Å²) < 4.78 is 0. The van der Waals surface area contributed by atoms with Crippen molar-refractivity contribution in [2.75, 3.05) is 48.3 Å². The molecule has 5 rings (SSSR count). The van der Waals surface area contributed by atoms with Crippen LogP contribution in [0.15, 0.2) is 73.1 Å². The van der Waals surface area contributed by atoms with E-state index >= 15 is 0 Å². The Balaban J connectivity index is 1.18. The van der Waals surface area contributed by atoms with Gasteiger partial charge in [0.15, 0.2) is 0 Å². The smallest absolute Gasteiger partial charge is 0.255 e. The van der Waals surface area contributed by atoms with Crippen molar-refractivity contribution >= 4 is 28.9 Å². The van der Waals surface area contributed by atoms with E-state index in [0.717, 1.165) is 56.9 Å². The molecule has 0 bridgehead atoms. The zero-order chi connectivity index (χ0) is 24.9. The maximum absolute atomic E-state index is 13.1. The van der Waals surface area contributed by atoms with Crippen molar-refractivity contribution in [1.29, 1.82) is 0 Å². The molecule has 0 spiro atoms. The molecule has 2 atom stereocenters. The quantitative estimate of drug-likeness (QED) is 0.500. The lowest BCUT2D eigenvalue weighted by atomic mass is 10.1. The molecule has 2 fully saturated rings. The first-order chi connectivity index (χ1) is 17.6. The van der Waals surface area contributed by atoms with Crippen molar-refractivity contribution in [1.82, 2.24) is 9.88 Å². The molecule has 2 aliphatic rings. The first-order valence-electron chi connectivity index (χ1n) is 12.7. The Bertz CT molecular complexity index is 1210. The Kier molecular flexibility index (Phi) is 7.28. The summed E-state index contributed by atoms with van der Waals surface area (Å²) in [5.41, 5.74) is 4.32. The van der Waals surface area contributed by atoms with Crippen molar-refractivity contribution in [2.45, 2.75) is 19.8 Å². The predicted molar refractivity (Wildman–Crippen MR) is 143 cm³/mol. The number of aromatic nitrogens is 1. The molecule has 0 radical (unpaired) electrons. The normalized spacial score (nSPS) is 19.5. The van der Waals surface area contributed by atoms with E-state index in [1.807, 2.05) is 36.7 Å². The molecule has 186 valence electrons. The van der Waals surface area contributed by atoms with Crippen LogP contribution in [0.2, 0.25) is 0 Å². The van der Waals surface area contributed by atoms with Crippen LogP contribution < -0.4 is 15.5 Å². The lowest BCUT2D eigenvalue weighted by molar-refractivity contribution is -0.117. The first-order valence-corrected chi connectivity index (χ1v) is 12.7. The highest BCUT2D eigenvalue weighted by Gasteiger charge is 2.39. The zero-order valence-electron chi connectivity index (χ0n) is 20.7. The SMILES string of the molecule is CC1CC1C(=O)Nc1cccc(C(=O)Nc2ccccc2N2CCN(CCc3ccncc3)CC2)c1. The fraction of sp³-hybridized carbons (Fsp3) is 0.345. The van der Waals surface area contributed by atoms with Gasteiger partial charge in [-0.25, -0.2) is 0 Å². The van der Waals surface area contributed by atoms with Gasteiger partial charge in [-0.2, -0.15) is 0 Å². The highest BCUT2D eigenvalue weighted by Crippen LogP contribution is 2.38. The van der Waals surface area contributed by atoms with Gasteiger partial charge in [0.2, 0.25) is 5.91 Å². The van der Waals surface area contributed by atoms with Gasteiger partial charge in [-0.1, -0.05) is 25.1 Å². The molecule has 7 heteroatoms. The van der Waals surface area contributed by atoms with Crippen molar-refractivity contribution < 1.29 is 9.59 Å². The fourth-order valence-electron chi connectivity index (χ4n) is 4.76. The minimum absolute atomic E-state index is 0.0327. The van der Waals surface area contributed by atoms with Crippen molar-refractivity contribution in [3.63, 3.8) is 0 Å². The molecule has 1 aliphatic heterocycles. The molecule has 2 amide bonds. The summed E-state index contributed by atoms with van der Waals surface area (Å²) in [5.74, 6) is 0.376. The Morgan fingerprint density at radius 1 is 0.944 bits per heavy atom. The molecule has 7 nitrogen and oxygen atoms in total. The van der Waals surface area contributed by atoms with Gasteiger partial charge in [0.25, 0.3) is 5.91 Å². The number of hydrogen-bond acceptors (Lipinski definition) is 5. The zero-order valence-corrected chi connectivity index (χ0v) is 20.7. The highest BCUT2D eigenvalue weighted by molar-refractivity contribution is 6.07. The van der Waals surface area contributed by atoms with Gasteiger partial charge >= 0.3 is 0 Å². The van der Waals surface area contributed by atoms with Crippen LogP contribution in [0, 0.1) is 11.8 Å². The molecule has 2 N–H and O–H groups in total. The number of para-hydroxylation sites is 2. The average Bonchev–Trinajstić information content (AvgIpc) is 3.65. The second-order valence-corrected chi connectivity index (χ2v) is 9.79. The molecule has 36 heavy (non-hydrogen) atoms. The topological polar surface area (TPSA) is 77.6 Å². The van der Waals surface area contributed by atoms with E-state index in [-0.39, 0.29) is 17.7 Å². The van der Waals surface area contributed by atoms with Crippen LogP contribution in [0.4, 0.5) is 17.1 Å². The van der Waals surface area contributed by atoms with Crippen LogP contribution in [0.1, 0.15) is 29.3 Å². The Morgan fingerprint density at radius 2 is 1.69 bits per heavy atom. The van der Waals surface area contributed by atoms with Crippen LogP contribution in [0.5, 0.6) is 0 Å². The summed E-state index contributed by atoms with van der Waals surface area (Å²) in [4.78, 5) is 34.3. The summed E-state index contributed by atoms with van der Waals surface area (Å²) in [6.07, 6.45) is 5.65. The molecule has 2 aromatic carbocycles. The van der Waals surface area contributed by atoms with Crippen LogP contribution in [0.3, 0.4) is 0 Å². The molecule has 2 unspecified atom stereocenters. The number of benzene rings is 2. The monoisotopic (exact) mass is 483 g/mol. The van der Waals surface area contributed by atoms with Gasteiger partial charge in [0.1, 0.15) is 0 Å². The Labute approximate surface area is 212 Å². The molecule has 1 saturated carbocycles. The van der Waals surface area contributed by atoms with Crippen LogP contribution in [-0.4, -0.2) is 54.4 Å². The standard InChI is InChI=1S/C29H33N5O2/c1-21-19-25(21)29(36)31-24-6-4-5-23(20-24)28(35)32-26-7-2-3-8-27(26)34-17-15-33(16-18-34)14-11-22-9-12-30-13-10-22/h2-10,12-13,20-21,25H,11,14-19H2,1H3,(H,31,36)(H,32,35). The van der Waals surface area contributed by atoms with Gasteiger partial charge in [-0.15, -0.1) is 0 Å². The van der Waals surface area contributed by atoms with E-state index in [0.29, 0.717) is 17.2 Å². The maximum atomic E-state index is 13.1. The first kappa shape index (κ1) is 24.0. The molecular weight excluding hydrogens is 450 g/mol. The largest absolute Gasteiger partial charge is 0.367 e. The highest BCUT2D eigenvalue weighted by atomic mass is 16.2. The Morgan fingerprint density at radius 3 is 2.44 bits per heavy atom. The van der Waals surface area contributed by atoms with E-state index in [1.165, 1.54) is 5.56 Å². The number of nitrogens with zero attached hydrogens (tertiary/aromatic N) is 3. The summed E-state index contributed by atoms with van der Waals surface area (Å²) in [6.45, 7) is 6.88. The van der Waals surface area contributed by atoms with Gasteiger partial charge in [-0.05, 0) is 66.8 Å². The number of amides is 2. The van der Waals surface area contributed by atoms with E-state index in [9.17, 15) is 9.59 Å². The van der Waals surface area contributed by atoms with E-state index in [2.05, 4.69) is 50.5 Å². The van der Waals surface area contributed by atoms with Gasteiger partial charge < -0.3 is 15.5 Å². The van der Waals surface area contributed by atoms with Crippen molar-refractivity contribution in [3.8, 4) is 0 Å². The summed E-state index contributed by atoms with van der Waals surface area (Å²) in [7, 11) is 0. The Hall–Kier alpha value is -3.71. The van der Waals surface area contributed by atoms with E-state index in [1.54, 1.807) is 18.2 Å². The predicted octanol–water partition coefficient (Wildman–Crippen LogP) is 4.29. The number of carbonyl (C=O) groups excluding carboxylic acids is 2. The number of hydrogen-bond donors (Lipinski definition) is 2. The van der Waals surface area contributed by atoms with Gasteiger partial charge in [-0.3, -0.25) is 19.5 Å². The lowest BCUT2D eigenvalue weighted by Crippen LogP contribution is -2.47. The number of rotatable bonds is 8. The number of pyridine rings is 1. The molecule has 1 saturated heterocycles. The fourth-order valence-corrected chi connectivity index (χ4v) is 4.76. The third-order valence-electron chi connectivity index (χ3n) is 7.17. The van der Waals surface area contributed by atoms with Crippen molar-refractivity contribution in [3.05, 3.63) is 84.2 Å². The average molecular weight is 484 g/mol. The van der Waals surface area contributed by atoms with E-state index in [4.69, 9.17) is 0 Å². The number of anilines is 3. The number of nitrogens with one attached hydrogen (secondary N) is 2. The van der Waals surface area contributed by atoms with Gasteiger partial charge in [0, 0.05) is 62.3 Å². The second-order valence-electron chi connectivity index (χ2n) is 9.79. The molecule has 1 aliphatic carbocycles. The summed E-state index contributed by atoms with van der Waals surface area (Å²) >= 11 is 0. The molecule has 3 aromatic rings. The molecular formula is C29H33N5O2. The summed E-state index contributed by atoms with van der Waals surface area (Å²) in [5, 5.41) is 6.04. The molecule has 1 aromatic heterocycles. The minimum Gasteiger partial charge on any atom is -0.367 e. The van der Waals surface area contributed by atoms with Gasteiger partial charge in [0.05, 0.1) is 11.4 Å². The van der Waals surface area contributed by atoms with Crippen LogP contribution >= 0.6 is 0 Å². The maximum Gasteiger partial charge on any atom is 0.255 e. The van der Waals surface area contributed by atoms with Crippen molar-refractivity contribution in [2.24, 2.45) is 11.8 Å².